The Morgan fingerprint density at radius 3 is 2.90 bits per heavy atom. The number of fused-ring (bicyclic) bond motifs is 1. The predicted octanol–water partition coefficient (Wildman–Crippen LogP) is 4.91. The van der Waals surface area contributed by atoms with Gasteiger partial charge in [-0.15, -0.1) is 11.3 Å². The molecule has 1 N–H and O–H groups in total. The molecule has 4 nitrogen and oxygen atoms in total. The van der Waals surface area contributed by atoms with Gasteiger partial charge in [-0.3, -0.25) is 0 Å². The van der Waals surface area contributed by atoms with Crippen molar-refractivity contribution in [2.24, 2.45) is 0 Å². The van der Waals surface area contributed by atoms with Crippen LogP contribution in [0.4, 0.5) is 5.95 Å². The second kappa shape index (κ2) is 6.57. The smallest absolute Gasteiger partial charge is 0.232 e. The number of ether oxygens (including phenoxy) is 1. The minimum atomic E-state index is 0.601. The van der Waals surface area contributed by atoms with Crippen molar-refractivity contribution < 1.29 is 4.74 Å². The fourth-order valence-electron chi connectivity index (χ4n) is 1.85. The molecule has 2 aromatic heterocycles. The van der Waals surface area contributed by atoms with E-state index < -0.39 is 0 Å². The van der Waals surface area contributed by atoms with E-state index in [1.807, 2.05) is 35.7 Å². The normalized spacial score (nSPS) is 10.8. The molecule has 1 aromatic carbocycles. The first-order valence-corrected chi connectivity index (χ1v) is 8.65. The number of hydrogen-bond acceptors (Lipinski definition) is 5. The van der Waals surface area contributed by atoms with Gasteiger partial charge in [0.05, 0.1) is 8.96 Å². The van der Waals surface area contributed by atoms with Crippen LogP contribution in [0.3, 0.4) is 0 Å². The minimum Gasteiger partial charge on any atom is -0.437 e. The molecule has 0 atom stereocenters. The highest BCUT2D eigenvalue weighted by Gasteiger charge is 2.12. The summed E-state index contributed by atoms with van der Waals surface area (Å²) in [6.45, 7) is 2.96. The fourth-order valence-corrected chi connectivity index (χ4v) is 3.11. The van der Waals surface area contributed by atoms with Crippen molar-refractivity contribution in [1.82, 2.24) is 9.97 Å². The van der Waals surface area contributed by atoms with Crippen molar-refractivity contribution in [3.63, 3.8) is 0 Å². The number of benzene rings is 1. The molecule has 6 heteroatoms. The van der Waals surface area contributed by atoms with Gasteiger partial charge in [-0.2, -0.15) is 4.98 Å². The van der Waals surface area contributed by atoms with E-state index in [2.05, 4.69) is 44.8 Å². The van der Waals surface area contributed by atoms with Gasteiger partial charge in [0.25, 0.3) is 0 Å². The van der Waals surface area contributed by atoms with Crippen LogP contribution in [0.25, 0.3) is 10.2 Å². The molecule has 0 bridgehead atoms. The van der Waals surface area contributed by atoms with E-state index in [1.54, 1.807) is 11.3 Å². The van der Waals surface area contributed by atoms with Gasteiger partial charge in [-0.25, -0.2) is 4.98 Å². The topological polar surface area (TPSA) is 47.0 Å². The van der Waals surface area contributed by atoms with Crippen molar-refractivity contribution in [2.45, 2.75) is 13.3 Å². The summed E-state index contributed by atoms with van der Waals surface area (Å²) in [6, 6.07) is 9.90. The van der Waals surface area contributed by atoms with Crippen LogP contribution in [0.15, 0.2) is 35.7 Å². The third-order valence-corrected chi connectivity index (χ3v) is 4.56. The van der Waals surface area contributed by atoms with E-state index in [1.165, 1.54) is 0 Å². The zero-order chi connectivity index (χ0) is 14.7. The van der Waals surface area contributed by atoms with E-state index in [0.717, 1.165) is 32.5 Å². The number of thiophene rings is 1. The Morgan fingerprint density at radius 1 is 1.24 bits per heavy atom. The van der Waals surface area contributed by atoms with Gasteiger partial charge in [0.2, 0.25) is 11.8 Å². The monoisotopic (exact) mass is 411 g/mol. The molecule has 0 aliphatic heterocycles. The SMILES string of the molecule is CCCNc1nc(Oc2ccccc2I)c2ccsc2n1. The quantitative estimate of drug-likeness (QED) is 0.607. The van der Waals surface area contributed by atoms with E-state index in [-0.39, 0.29) is 0 Å². The lowest BCUT2D eigenvalue weighted by Gasteiger charge is -2.10. The van der Waals surface area contributed by atoms with Gasteiger partial charge >= 0.3 is 0 Å². The zero-order valence-electron chi connectivity index (χ0n) is 11.5. The maximum Gasteiger partial charge on any atom is 0.232 e. The summed E-state index contributed by atoms with van der Waals surface area (Å²) in [7, 11) is 0. The van der Waals surface area contributed by atoms with Crippen LogP contribution in [0.1, 0.15) is 13.3 Å². The third-order valence-electron chi connectivity index (χ3n) is 2.87. The lowest BCUT2D eigenvalue weighted by atomic mass is 10.3. The fraction of sp³-hybridized carbons (Fsp3) is 0.200. The first-order valence-electron chi connectivity index (χ1n) is 6.69. The maximum atomic E-state index is 6.01. The first-order chi connectivity index (χ1) is 10.3. The zero-order valence-corrected chi connectivity index (χ0v) is 14.4. The average Bonchev–Trinajstić information content (AvgIpc) is 2.96. The van der Waals surface area contributed by atoms with Crippen molar-refractivity contribution in [3.05, 3.63) is 39.3 Å². The molecule has 108 valence electrons. The molecule has 0 aliphatic rings. The van der Waals surface area contributed by atoms with Crippen LogP contribution < -0.4 is 10.1 Å². The maximum absolute atomic E-state index is 6.01. The lowest BCUT2D eigenvalue weighted by Crippen LogP contribution is -2.05. The molecule has 0 spiro atoms. The van der Waals surface area contributed by atoms with Crippen molar-refractivity contribution >= 4 is 50.1 Å². The molecule has 21 heavy (non-hydrogen) atoms. The summed E-state index contributed by atoms with van der Waals surface area (Å²) in [5.74, 6) is 2.03. The Hall–Kier alpha value is -1.41. The summed E-state index contributed by atoms with van der Waals surface area (Å²) in [5, 5.41) is 6.17. The molecular formula is C15H14IN3OS. The van der Waals surface area contributed by atoms with Gasteiger partial charge in [0.15, 0.2) is 0 Å². The molecule has 0 aliphatic carbocycles. The number of halogens is 1. The Balaban J connectivity index is 2.00. The van der Waals surface area contributed by atoms with Gasteiger partial charge in [0.1, 0.15) is 10.6 Å². The predicted molar refractivity (Wildman–Crippen MR) is 95.4 cm³/mol. The van der Waals surface area contributed by atoms with Crippen molar-refractivity contribution in [3.8, 4) is 11.6 Å². The Bertz CT molecular complexity index is 760. The van der Waals surface area contributed by atoms with E-state index in [0.29, 0.717) is 11.8 Å². The van der Waals surface area contributed by atoms with E-state index >= 15 is 0 Å². The third kappa shape index (κ3) is 3.26. The second-order valence-corrected chi connectivity index (χ2v) is 6.51. The Kier molecular flexibility index (Phi) is 4.54. The molecule has 0 saturated carbocycles. The van der Waals surface area contributed by atoms with Crippen LogP contribution in [0.2, 0.25) is 0 Å². The highest BCUT2D eigenvalue weighted by atomic mass is 127. The van der Waals surface area contributed by atoms with Crippen LogP contribution >= 0.6 is 33.9 Å². The van der Waals surface area contributed by atoms with Crippen molar-refractivity contribution in [1.29, 1.82) is 0 Å². The summed E-state index contributed by atoms with van der Waals surface area (Å²) in [6.07, 6.45) is 1.03. The van der Waals surface area contributed by atoms with Gasteiger partial charge < -0.3 is 10.1 Å². The number of nitrogens with zero attached hydrogens (tertiary/aromatic N) is 2. The number of nitrogens with one attached hydrogen (secondary N) is 1. The first kappa shape index (κ1) is 14.5. The standard InChI is InChI=1S/C15H14IN3OS/c1-2-8-17-15-18-13(10-7-9-21-14(10)19-15)20-12-6-4-3-5-11(12)16/h3-7,9H,2,8H2,1H3,(H,17,18,19). The molecule has 0 amide bonds. The summed E-state index contributed by atoms with van der Waals surface area (Å²) in [4.78, 5) is 9.95. The Morgan fingerprint density at radius 2 is 2.10 bits per heavy atom. The molecule has 2 heterocycles. The summed E-state index contributed by atoms with van der Waals surface area (Å²) in [5.41, 5.74) is 0. The van der Waals surface area contributed by atoms with Crippen molar-refractivity contribution in [2.75, 3.05) is 11.9 Å². The van der Waals surface area contributed by atoms with E-state index in [4.69, 9.17) is 4.74 Å². The molecule has 3 rings (SSSR count). The van der Waals surface area contributed by atoms with Crippen LogP contribution in [-0.4, -0.2) is 16.5 Å². The van der Waals surface area contributed by atoms with E-state index in [9.17, 15) is 0 Å². The number of rotatable bonds is 5. The molecule has 0 radical (unpaired) electrons. The summed E-state index contributed by atoms with van der Waals surface area (Å²) < 4.78 is 7.07. The lowest BCUT2D eigenvalue weighted by molar-refractivity contribution is 0.466. The average molecular weight is 411 g/mol. The molecule has 3 aromatic rings. The number of anilines is 1. The van der Waals surface area contributed by atoms with Gasteiger partial charge in [0, 0.05) is 6.54 Å². The molecular weight excluding hydrogens is 397 g/mol. The number of hydrogen-bond donors (Lipinski definition) is 1. The van der Waals surface area contributed by atoms with Crippen LogP contribution in [0, 0.1) is 3.57 Å². The highest BCUT2D eigenvalue weighted by molar-refractivity contribution is 14.1. The van der Waals surface area contributed by atoms with Gasteiger partial charge in [-0.1, -0.05) is 19.1 Å². The summed E-state index contributed by atoms with van der Waals surface area (Å²) >= 11 is 3.85. The number of aromatic nitrogens is 2. The van der Waals surface area contributed by atoms with Crippen LogP contribution in [0.5, 0.6) is 11.6 Å². The molecule has 0 saturated heterocycles. The molecule has 0 unspecified atom stereocenters. The van der Waals surface area contributed by atoms with Gasteiger partial charge in [-0.05, 0) is 52.6 Å². The Labute approximate surface area is 140 Å². The molecule has 0 fully saturated rings. The minimum absolute atomic E-state index is 0.601. The largest absolute Gasteiger partial charge is 0.437 e. The van der Waals surface area contributed by atoms with Crippen LogP contribution in [-0.2, 0) is 0 Å². The second-order valence-electron chi connectivity index (χ2n) is 4.45. The highest BCUT2D eigenvalue weighted by Crippen LogP contribution is 2.33. The number of para-hydroxylation sites is 1.